The summed E-state index contributed by atoms with van der Waals surface area (Å²) < 4.78 is 8.30. The highest BCUT2D eigenvalue weighted by Gasteiger charge is 2.22. The maximum Gasteiger partial charge on any atom is 0.0658 e. The molecule has 46 heavy (non-hydrogen) atoms. The Morgan fingerprint density at radius 2 is 0.543 bits per heavy atom. The Labute approximate surface area is 273 Å². The molecule has 0 unspecified atom stereocenters. The molecule has 0 bridgehead atoms. The molecule has 0 saturated heterocycles. The molecule has 3 nitrogen and oxygen atoms in total. The van der Waals surface area contributed by atoms with Crippen LogP contribution in [0, 0.1) is 0 Å². The van der Waals surface area contributed by atoms with E-state index in [1.54, 1.807) is 0 Å². The molecule has 0 aliphatic rings. The van der Waals surface area contributed by atoms with Gasteiger partial charge in [0.25, 0.3) is 0 Å². The third-order valence-corrected chi connectivity index (χ3v) is 10.3. The average molecular weight is 653 g/mol. The summed E-state index contributed by atoms with van der Waals surface area (Å²) in [5.41, 5.74) is 10.4. The number of fused-ring (bicyclic) bond motifs is 9. The molecule has 0 spiro atoms. The van der Waals surface area contributed by atoms with E-state index in [9.17, 15) is 0 Å². The van der Waals surface area contributed by atoms with Crippen molar-refractivity contribution in [2.24, 2.45) is 0 Å². The largest absolute Gasteiger partial charge is 0.309 e. The van der Waals surface area contributed by atoms with Crippen LogP contribution < -0.4 is 0 Å². The van der Waals surface area contributed by atoms with E-state index in [-0.39, 0.29) is 0 Å². The summed E-state index contributed by atoms with van der Waals surface area (Å²) in [5.74, 6) is 0. The maximum absolute atomic E-state index is 4.21. The molecular formula is C42H26BrN3. The summed E-state index contributed by atoms with van der Waals surface area (Å²) >= 11 is 4.21. The predicted molar refractivity (Wildman–Crippen MR) is 197 cm³/mol. The fourth-order valence-electron chi connectivity index (χ4n) is 7.60. The van der Waals surface area contributed by atoms with Gasteiger partial charge in [-0.2, -0.15) is 0 Å². The van der Waals surface area contributed by atoms with Gasteiger partial charge in [0.15, 0.2) is 0 Å². The van der Waals surface area contributed by atoms with Gasteiger partial charge in [0, 0.05) is 32.3 Å². The number of nitrogens with zero attached hydrogens (tertiary/aromatic N) is 3. The quantitative estimate of drug-likeness (QED) is 0.180. The lowest BCUT2D eigenvalue weighted by molar-refractivity contribution is 1.08. The van der Waals surface area contributed by atoms with Crippen LogP contribution in [0.4, 0.5) is 0 Å². The number of benzene rings is 7. The van der Waals surface area contributed by atoms with Gasteiger partial charge >= 0.3 is 0 Å². The molecule has 7 aromatic carbocycles. The summed E-state index contributed by atoms with van der Waals surface area (Å²) in [5, 5.41) is 7.46. The second kappa shape index (κ2) is 9.71. The topological polar surface area (TPSA) is 14.8 Å². The normalized spacial score (nSPS) is 12.0. The van der Waals surface area contributed by atoms with E-state index in [2.05, 4.69) is 187 Å². The number of aromatic nitrogens is 3. The molecule has 10 aromatic rings. The lowest BCUT2D eigenvalue weighted by atomic mass is 10.2. The second-order valence-electron chi connectivity index (χ2n) is 11.9. The molecule has 4 heteroatoms. The zero-order valence-corrected chi connectivity index (χ0v) is 26.3. The Balaban J connectivity index is 1.41. The monoisotopic (exact) mass is 651 g/mol. The van der Waals surface area contributed by atoms with Gasteiger partial charge in [0.2, 0.25) is 0 Å². The van der Waals surface area contributed by atoms with Crippen molar-refractivity contribution in [3.8, 4) is 17.1 Å². The number of rotatable bonds is 3. The summed E-state index contributed by atoms with van der Waals surface area (Å²) in [7, 11) is 0. The molecule has 0 amide bonds. The van der Waals surface area contributed by atoms with Crippen molar-refractivity contribution in [1.82, 2.24) is 13.7 Å². The van der Waals surface area contributed by atoms with E-state index < -0.39 is 0 Å². The van der Waals surface area contributed by atoms with Crippen LogP contribution in [0.1, 0.15) is 0 Å². The first-order valence-electron chi connectivity index (χ1n) is 15.6. The summed E-state index contributed by atoms with van der Waals surface area (Å²) in [4.78, 5) is 0. The van der Waals surface area contributed by atoms with Gasteiger partial charge in [-0.1, -0.05) is 109 Å². The van der Waals surface area contributed by atoms with Gasteiger partial charge in [-0.3, -0.25) is 0 Å². The molecule has 0 aliphatic heterocycles. The number of para-hydroxylation sites is 6. The Bertz CT molecular complexity index is 2530. The molecule has 10 rings (SSSR count). The third kappa shape index (κ3) is 3.48. The molecule has 0 saturated carbocycles. The Morgan fingerprint density at radius 3 is 0.826 bits per heavy atom. The van der Waals surface area contributed by atoms with E-state index in [0.717, 1.165) is 21.5 Å². The van der Waals surface area contributed by atoms with Crippen LogP contribution in [0.25, 0.3) is 82.5 Å². The van der Waals surface area contributed by atoms with E-state index in [1.165, 1.54) is 65.4 Å². The van der Waals surface area contributed by atoms with Crippen molar-refractivity contribution in [1.29, 1.82) is 0 Å². The van der Waals surface area contributed by atoms with Gasteiger partial charge in [-0.15, -0.1) is 0 Å². The van der Waals surface area contributed by atoms with Crippen molar-refractivity contribution >= 4 is 81.3 Å². The molecule has 216 valence electrons. The first-order valence-corrected chi connectivity index (χ1v) is 16.4. The molecule has 0 N–H and O–H groups in total. The third-order valence-electron chi connectivity index (χ3n) is 9.50. The van der Waals surface area contributed by atoms with Gasteiger partial charge in [-0.25, -0.2) is 0 Å². The summed E-state index contributed by atoms with van der Waals surface area (Å²) in [6, 6.07) is 57.1. The standard InChI is InChI=1S/C42H26BrN3/c43-42-40(45-36-21-9-3-15-30(36)31-16-4-10-22-37(31)45)25-27(44-34-19-7-1-13-28(34)29-14-2-8-20-35(29)44)26-41(42)46-38-23-11-5-17-32(38)33-18-6-12-24-39(33)46/h1-26H. The first-order chi connectivity index (χ1) is 22.8. The van der Waals surface area contributed by atoms with Crippen LogP contribution in [0.3, 0.4) is 0 Å². The Morgan fingerprint density at radius 1 is 0.304 bits per heavy atom. The molecule has 0 aliphatic carbocycles. The smallest absolute Gasteiger partial charge is 0.0658 e. The molecule has 3 aromatic heterocycles. The highest BCUT2D eigenvalue weighted by atomic mass is 79.9. The van der Waals surface area contributed by atoms with Crippen LogP contribution >= 0.6 is 15.9 Å². The van der Waals surface area contributed by atoms with Crippen molar-refractivity contribution in [2.75, 3.05) is 0 Å². The molecule has 0 radical (unpaired) electrons. The van der Waals surface area contributed by atoms with Crippen LogP contribution in [0.2, 0.25) is 0 Å². The highest BCUT2D eigenvalue weighted by molar-refractivity contribution is 9.10. The van der Waals surface area contributed by atoms with E-state index >= 15 is 0 Å². The lowest BCUT2D eigenvalue weighted by Crippen LogP contribution is -2.05. The van der Waals surface area contributed by atoms with Crippen molar-refractivity contribution in [2.45, 2.75) is 0 Å². The van der Waals surface area contributed by atoms with E-state index in [0.29, 0.717) is 0 Å². The number of hydrogen-bond acceptors (Lipinski definition) is 0. The zero-order valence-electron chi connectivity index (χ0n) is 24.7. The van der Waals surface area contributed by atoms with Crippen LogP contribution in [0.15, 0.2) is 162 Å². The minimum atomic E-state index is 1.04. The van der Waals surface area contributed by atoms with Crippen molar-refractivity contribution < 1.29 is 0 Å². The minimum Gasteiger partial charge on any atom is -0.309 e. The lowest BCUT2D eigenvalue weighted by Gasteiger charge is -2.20. The SMILES string of the molecule is Brc1c(-n2c3ccccc3c3ccccc32)cc(-n2c3ccccc3c3ccccc32)cc1-n1c2ccccc2c2ccccc21. The molecule has 3 heterocycles. The fraction of sp³-hybridized carbons (Fsp3) is 0. The van der Waals surface area contributed by atoms with Crippen molar-refractivity contribution in [3.63, 3.8) is 0 Å². The number of hydrogen-bond donors (Lipinski definition) is 0. The van der Waals surface area contributed by atoms with Crippen molar-refractivity contribution in [3.05, 3.63) is 162 Å². The van der Waals surface area contributed by atoms with E-state index in [4.69, 9.17) is 0 Å². The summed E-state index contributed by atoms with van der Waals surface area (Å²) in [6.45, 7) is 0. The van der Waals surface area contributed by atoms with E-state index in [1.807, 2.05) is 0 Å². The second-order valence-corrected chi connectivity index (χ2v) is 12.7. The van der Waals surface area contributed by atoms with Gasteiger partial charge in [0.05, 0.1) is 54.6 Å². The Kier molecular flexibility index (Phi) is 5.43. The Hall–Kier alpha value is -5.58. The predicted octanol–water partition coefficient (Wildman–Crippen LogP) is 11.7. The molecular weight excluding hydrogens is 626 g/mol. The molecule has 0 atom stereocenters. The van der Waals surface area contributed by atoms with Gasteiger partial charge in [0.1, 0.15) is 0 Å². The minimum absolute atomic E-state index is 1.04. The zero-order chi connectivity index (χ0) is 30.4. The van der Waals surface area contributed by atoms with Gasteiger partial charge in [-0.05, 0) is 64.5 Å². The number of halogens is 1. The van der Waals surface area contributed by atoms with Crippen LogP contribution in [-0.4, -0.2) is 13.7 Å². The van der Waals surface area contributed by atoms with Crippen LogP contribution in [0.5, 0.6) is 0 Å². The maximum atomic E-state index is 4.21. The fourth-order valence-corrected chi connectivity index (χ4v) is 8.18. The van der Waals surface area contributed by atoms with Crippen LogP contribution in [-0.2, 0) is 0 Å². The first kappa shape index (κ1) is 25.7. The summed E-state index contributed by atoms with van der Waals surface area (Å²) in [6.07, 6.45) is 0. The highest BCUT2D eigenvalue weighted by Crippen LogP contribution is 2.42. The van der Waals surface area contributed by atoms with Gasteiger partial charge < -0.3 is 13.7 Å². The average Bonchev–Trinajstić information content (AvgIpc) is 3.75. The molecule has 0 fully saturated rings.